The Morgan fingerprint density at radius 1 is 1.20 bits per heavy atom. The number of nitrogens with zero attached hydrogens (tertiary/aromatic N) is 1. The first-order chi connectivity index (χ1) is 11.7. The lowest BCUT2D eigenvalue weighted by Gasteiger charge is -2.39. The Hall–Kier alpha value is -2.05. The molecule has 1 atom stereocenters. The number of hydrogen-bond acceptors (Lipinski definition) is 2. The van der Waals surface area contributed by atoms with E-state index >= 15 is 0 Å². The third-order valence-electron chi connectivity index (χ3n) is 4.74. The molecular weight excluding hydrogens is 333 g/mol. The second kappa shape index (κ2) is 7.45. The molecular formula is C18H23F3N2O2. The Labute approximate surface area is 145 Å². The van der Waals surface area contributed by atoms with Crippen molar-refractivity contribution in [1.29, 1.82) is 0 Å². The van der Waals surface area contributed by atoms with E-state index in [9.17, 15) is 22.8 Å². The van der Waals surface area contributed by atoms with Gasteiger partial charge in [0.25, 0.3) is 0 Å². The highest BCUT2D eigenvalue weighted by molar-refractivity contribution is 6.10. The van der Waals surface area contributed by atoms with Gasteiger partial charge in [0, 0.05) is 12.6 Å². The summed E-state index contributed by atoms with van der Waals surface area (Å²) in [6, 6.07) is 1.73. The van der Waals surface area contributed by atoms with Crippen molar-refractivity contribution in [3.05, 3.63) is 29.6 Å². The van der Waals surface area contributed by atoms with E-state index in [-0.39, 0.29) is 11.9 Å². The van der Waals surface area contributed by atoms with Gasteiger partial charge in [0.1, 0.15) is 5.41 Å². The number of likely N-dealkylation sites (tertiary alicyclic amines) is 1. The van der Waals surface area contributed by atoms with Gasteiger partial charge in [-0.2, -0.15) is 0 Å². The highest BCUT2D eigenvalue weighted by Gasteiger charge is 2.42. The summed E-state index contributed by atoms with van der Waals surface area (Å²) in [5.74, 6) is -5.60. The van der Waals surface area contributed by atoms with Gasteiger partial charge in [0.15, 0.2) is 17.5 Å². The zero-order valence-electron chi connectivity index (χ0n) is 14.7. The van der Waals surface area contributed by atoms with Crippen molar-refractivity contribution in [3.63, 3.8) is 0 Å². The zero-order valence-corrected chi connectivity index (χ0v) is 14.7. The predicted molar refractivity (Wildman–Crippen MR) is 88.4 cm³/mol. The number of piperidine rings is 1. The highest BCUT2D eigenvalue weighted by atomic mass is 19.2. The van der Waals surface area contributed by atoms with Gasteiger partial charge in [0.05, 0.1) is 5.69 Å². The fourth-order valence-electron chi connectivity index (χ4n) is 3.05. The summed E-state index contributed by atoms with van der Waals surface area (Å²) >= 11 is 0. The summed E-state index contributed by atoms with van der Waals surface area (Å²) in [4.78, 5) is 27.1. The Balaban J connectivity index is 2.19. The molecule has 0 saturated carbocycles. The number of nitrogens with one attached hydrogen (secondary N) is 1. The number of hydrogen-bond donors (Lipinski definition) is 1. The van der Waals surface area contributed by atoms with E-state index in [0.29, 0.717) is 6.54 Å². The molecule has 25 heavy (non-hydrogen) atoms. The van der Waals surface area contributed by atoms with Gasteiger partial charge >= 0.3 is 0 Å². The van der Waals surface area contributed by atoms with E-state index < -0.39 is 34.5 Å². The normalized spacial score (nSPS) is 18.2. The fourth-order valence-corrected chi connectivity index (χ4v) is 3.05. The third-order valence-corrected chi connectivity index (χ3v) is 4.74. The average molecular weight is 356 g/mol. The lowest BCUT2D eigenvalue weighted by Crippen LogP contribution is -2.52. The Kier molecular flexibility index (Phi) is 5.75. The van der Waals surface area contributed by atoms with Crippen LogP contribution < -0.4 is 5.32 Å². The second-order valence-electron chi connectivity index (χ2n) is 6.86. The molecule has 1 aliphatic rings. The largest absolute Gasteiger partial charge is 0.339 e. The van der Waals surface area contributed by atoms with Gasteiger partial charge in [-0.25, -0.2) is 13.2 Å². The molecule has 1 heterocycles. The van der Waals surface area contributed by atoms with Crippen LogP contribution in [0.1, 0.15) is 46.5 Å². The van der Waals surface area contributed by atoms with Crippen LogP contribution in [0.3, 0.4) is 0 Å². The third kappa shape index (κ3) is 3.80. The van der Waals surface area contributed by atoms with Crippen molar-refractivity contribution in [3.8, 4) is 0 Å². The van der Waals surface area contributed by atoms with E-state index in [4.69, 9.17) is 0 Å². The molecule has 1 saturated heterocycles. The standard InChI is InChI=1S/C18H23F3N2O2/c1-4-11-7-5-6-10-23(11)17(25)18(2,3)16(24)22-13-9-8-12(19)14(20)15(13)21/h8-9,11H,4-7,10H2,1-3H3,(H,22,24). The molecule has 2 amide bonds. The van der Waals surface area contributed by atoms with Gasteiger partial charge in [-0.15, -0.1) is 0 Å². The van der Waals surface area contributed by atoms with Crippen LogP contribution in [0.15, 0.2) is 12.1 Å². The first kappa shape index (κ1) is 19.3. The molecule has 1 aromatic rings. The van der Waals surface area contributed by atoms with E-state index in [0.717, 1.165) is 37.8 Å². The maximum absolute atomic E-state index is 13.8. The van der Waals surface area contributed by atoms with Gasteiger partial charge in [-0.3, -0.25) is 9.59 Å². The van der Waals surface area contributed by atoms with Crippen molar-refractivity contribution in [2.45, 2.75) is 52.5 Å². The summed E-state index contributed by atoms with van der Waals surface area (Å²) in [6.45, 7) is 5.46. The van der Waals surface area contributed by atoms with Crippen LogP contribution in [0.4, 0.5) is 18.9 Å². The Morgan fingerprint density at radius 3 is 2.52 bits per heavy atom. The SMILES string of the molecule is CCC1CCCCN1C(=O)C(C)(C)C(=O)Nc1ccc(F)c(F)c1F. The molecule has 2 rings (SSSR count). The maximum Gasteiger partial charge on any atom is 0.239 e. The number of carbonyl (C=O) groups excluding carboxylic acids is 2. The van der Waals surface area contributed by atoms with E-state index in [1.165, 1.54) is 13.8 Å². The van der Waals surface area contributed by atoms with Crippen LogP contribution in [-0.4, -0.2) is 29.3 Å². The molecule has 4 nitrogen and oxygen atoms in total. The average Bonchev–Trinajstić information content (AvgIpc) is 2.61. The van der Waals surface area contributed by atoms with Crippen molar-refractivity contribution < 1.29 is 22.8 Å². The fraction of sp³-hybridized carbons (Fsp3) is 0.556. The van der Waals surface area contributed by atoms with E-state index in [1.54, 1.807) is 4.90 Å². The van der Waals surface area contributed by atoms with Crippen LogP contribution >= 0.6 is 0 Å². The Morgan fingerprint density at radius 2 is 1.88 bits per heavy atom. The molecule has 138 valence electrons. The monoisotopic (exact) mass is 356 g/mol. The number of carbonyl (C=O) groups is 2. The minimum atomic E-state index is -1.66. The number of amides is 2. The molecule has 0 spiro atoms. The second-order valence-corrected chi connectivity index (χ2v) is 6.86. The molecule has 0 bridgehead atoms. The molecule has 0 radical (unpaired) electrons. The first-order valence-electron chi connectivity index (χ1n) is 8.46. The van der Waals surface area contributed by atoms with Gasteiger partial charge in [-0.05, 0) is 51.7 Å². The molecule has 0 aliphatic carbocycles. The van der Waals surface area contributed by atoms with Crippen LogP contribution in [0, 0.1) is 22.9 Å². The highest BCUT2D eigenvalue weighted by Crippen LogP contribution is 2.29. The minimum Gasteiger partial charge on any atom is -0.339 e. The van der Waals surface area contributed by atoms with Crippen LogP contribution in [0.2, 0.25) is 0 Å². The molecule has 0 aromatic heterocycles. The van der Waals surface area contributed by atoms with Crippen molar-refractivity contribution in [2.75, 3.05) is 11.9 Å². The van der Waals surface area contributed by atoms with Gasteiger partial charge < -0.3 is 10.2 Å². The number of benzene rings is 1. The zero-order chi connectivity index (χ0) is 18.8. The van der Waals surface area contributed by atoms with E-state index in [2.05, 4.69) is 5.32 Å². The summed E-state index contributed by atoms with van der Waals surface area (Å²) in [7, 11) is 0. The molecule has 1 N–H and O–H groups in total. The predicted octanol–water partition coefficient (Wildman–Crippen LogP) is 3.86. The molecule has 1 aliphatic heterocycles. The van der Waals surface area contributed by atoms with Crippen molar-refractivity contribution in [2.24, 2.45) is 5.41 Å². The smallest absolute Gasteiger partial charge is 0.239 e. The topological polar surface area (TPSA) is 49.4 Å². The van der Waals surface area contributed by atoms with Crippen molar-refractivity contribution >= 4 is 17.5 Å². The van der Waals surface area contributed by atoms with Gasteiger partial charge in [0.2, 0.25) is 11.8 Å². The summed E-state index contributed by atoms with van der Waals surface area (Å²) in [5.41, 5.74) is -1.95. The maximum atomic E-state index is 13.8. The quantitative estimate of drug-likeness (QED) is 0.658. The molecule has 1 fully saturated rings. The van der Waals surface area contributed by atoms with Crippen LogP contribution in [-0.2, 0) is 9.59 Å². The molecule has 1 aromatic carbocycles. The lowest BCUT2D eigenvalue weighted by molar-refractivity contribution is -0.149. The van der Waals surface area contributed by atoms with E-state index in [1.807, 2.05) is 6.92 Å². The van der Waals surface area contributed by atoms with Crippen LogP contribution in [0.5, 0.6) is 0 Å². The van der Waals surface area contributed by atoms with Gasteiger partial charge in [-0.1, -0.05) is 6.92 Å². The molecule has 1 unspecified atom stereocenters. The number of halogens is 3. The summed E-state index contributed by atoms with van der Waals surface area (Å²) in [6.07, 6.45) is 3.59. The molecule has 7 heteroatoms. The first-order valence-corrected chi connectivity index (χ1v) is 8.46. The van der Waals surface area contributed by atoms with Crippen molar-refractivity contribution in [1.82, 2.24) is 4.90 Å². The summed E-state index contributed by atoms with van der Waals surface area (Å²) < 4.78 is 40.1. The number of anilines is 1. The minimum absolute atomic E-state index is 0.0772. The summed E-state index contributed by atoms with van der Waals surface area (Å²) in [5, 5.41) is 2.20. The Bertz CT molecular complexity index is 677. The lowest BCUT2D eigenvalue weighted by atomic mass is 9.87. The number of rotatable bonds is 4. The van der Waals surface area contributed by atoms with Crippen LogP contribution in [0.25, 0.3) is 0 Å².